The molecule has 70 valence electrons. The van der Waals surface area contributed by atoms with Gasteiger partial charge in [-0.15, -0.1) is 6.58 Å². The fourth-order valence-electron chi connectivity index (χ4n) is 1.02. The molecular formula is C11H21N. The molecule has 0 aliphatic heterocycles. The molecule has 1 heteroatoms. The van der Waals surface area contributed by atoms with Crippen LogP contribution in [-0.4, -0.2) is 6.04 Å². The molecule has 2 unspecified atom stereocenters. The molecule has 0 aromatic heterocycles. The monoisotopic (exact) mass is 167 g/mol. The van der Waals surface area contributed by atoms with Crippen molar-refractivity contribution < 1.29 is 0 Å². The van der Waals surface area contributed by atoms with Gasteiger partial charge in [0.15, 0.2) is 0 Å². The summed E-state index contributed by atoms with van der Waals surface area (Å²) in [6, 6.07) is 0.480. The van der Waals surface area contributed by atoms with E-state index in [4.69, 9.17) is 0 Å². The molecule has 2 atom stereocenters. The van der Waals surface area contributed by atoms with Crippen molar-refractivity contribution in [3.8, 4) is 0 Å². The van der Waals surface area contributed by atoms with Crippen LogP contribution >= 0.6 is 0 Å². The maximum atomic E-state index is 3.78. The Hall–Kier alpha value is -0.720. The van der Waals surface area contributed by atoms with Gasteiger partial charge in [-0.05, 0) is 26.2 Å². The van der Waals surface area contributed by atoms with Crippen molar-refractivity contribution >= 4 is 0 Å². The average Bonchev–Trinajstić information content (AvgIpc) is 2.12. The largest absolute Gasteiger partial charge is 0.386 e. The Morgan fingerprint density at radius 2 is 2.08 bits per heavy atom. The van der Waals surface area contributed by atoms with Crippen LogP contribution in [0.4, 0.5) is 0 Å². The predicted octanol–water partition coefficient (Wildman–Crippen LogP) is 3.10. The maximum absolute atomic E-state index is 3.78. The lowest BCUT2D eigenvalue weighted by Crippen LogP contribution is -2.30. The standard InChI is InChI=1S/C11H21N/c1-6-9(4)10(5)12-11(7-2)8-3/h6-7,9-10,12H,1,8H2,2-5H3/b11-7+. The van der Waals surface area contributed by atoms with Crippen molar-refractivity contribution in [3.05, 3.63) is 24.4 Å². The van der Waals surface area contributed by atoms with Crippen LogP contribution in [0.1, 0.15) is 34.1 Å². The zero-order valence-corrected chi connectivity index (χ0v) is 8.72. The highest BCUT2D eigenvalue weighted by Gasteiger charge is 2.07. The molecule has 0 spiro atoms. The van der Waals surface area contributed by atoms with Gasteiger partial charge in [-0.1, -0.05) is 26.0 Å². The predicted molar refractivity (Wildman–Crippen MR) is 56.0 cm³/mol. The first-order chi connectivity index (χ1) is 5.65. The van der Waals surface area contributed by atoms with Gasteiger partial charge in [0, 0.05) is 11.7 Å². The summed E-state index contributed by atoms with van der Waals surface area (Å²) in [5.41, 5.74) is 1.32. The molecule has 0 amide bonds. The van der Waals surface area contributed by atoms with Crippen molar-refractivity contribution in [2.45, 2.75) is 40.2 Å². The first-order valence-electron chi connectivity index (χ1n) is 4.69. The van der Waals surface area contributed by atoms with Gasteiger partial charge in [-0.3, -0.25) is 0 Å². The Kier molecular flexibility index (Phi) is 5.52. The molecule has 0 radical (unpaired) electrons. The lowest BCUT2D eigenvalue weighted by molar-refractivity contribution is 0.495. The Morgan fingerprint density at radius 3 is 2.42 bits per heavy atom. The van der Waals surface area contributed by atoms with Crippen LogP contribution in [-0.2, 0) is 0 Å². The molecule has 0 saturated heterocycles. The molecule has 0 bridgehead atoms. The third-order valence-corrected chi connectivity index (χ3v) is 2.30. The number of hydrogen-bond donors (Lipinski definition) is 1. The zero-order chi connectivity index (χ0) is 9.56. The molecule has 12 heavy (non-hydrogen) atoms. The fourth-order valence-corrected chi connectivity index (χ4v) is 1.02. The van der Waals surface area contributed by atoms with Crippen LogP contribution < -0.4 is 5.32 Å². The van der Waals surface area contributed by atoms with Gasteiger partial charge >= 0.3 is 0 Å². The maximum Gasteiger partial charge on any atom is 0.0289 e. The summed E-state index contributed by atoms with van der Waals surface area (Å²) in [6.07, 6.45) is 5.19. The molecule has 0 saturated carbocycles. The molecule has 0 heterocycles. The van der Waals surface area contributed by atoms with Gasteiger partial charge in [-0.25, -0.2) is 0 Å². The van der Waals surface area contributed by atoms with Crippen LogP contribution in [0.3, 0.4) is 0 Å². The quantitative estimate of drug-likeness (QED) is 0.620. The van der Waals surface area contributed by atoms with E-state index in [9.17, 15) is 0 Å². The van der Waals surface area contributed by atoms with Gasteiger partial charge in [0.25, 0.3) is 0 Å². The van der Waals surface area contributed by atoms with E-state index in [1.54, 1.807) is 0 Å². The summed E-state index contributed by atoms with van der Waals surface area (Å²) in [5, 5.41) is 3.46. The number of allylic oxidation sites excluding steroid dienone is 2. The summed E-state index contributed by atoms with van der Waals surface area (Å²) in [7, 11) is 0. The summed E-state index contributed by atoms with van der Waals surface area (Å²) in [5.74, 6) is 0.520. The van der Waals surface area contributed by atoms with Crippen LogP contribution in [0.15, 0.2) is 24.4 Å². The Labute approximate surface area is 76.6 Å². The lowest BCUT2D eigenvalue weighted by Gasteiger charge is -2.20. The second kappa shape index (κ2) is 5.87. The topological polar surface area (TPSA) is 12.0 Å². The minimum Gasteiger partial charge on any atom is -0.386 e. The molecule has 0 rings (SSSR count). The summed E-state index contributed by atoms with van der Waals surface area (Å²) < 4.78 is 0. The van der Waals surface area contributed by atoms with E-state index in [-0.39, 0.29) is 0 Å². The van der Waals surface area contributed by atoms with Crippen LogP contribution in [0, 0.1) is 5.92 Å². The minimum atomic E-state index is 0.480. The van der Waals surface area contributed by atoms with E-state index in [0.717, 1.165) is 6.42 Å². The minimum absolute atomic E-state index is 0.480. The van der Waals surface area contributed by atoms with E-state index in [1.165, 1.54) is 5.70 Å². The number of rotatable bonds is 5. The highest BCUT2D eigenvalue weighted by Crippen LogP contribution is 2.06. The normalized spacial score (nSPS) is 16.8. The Balaban J connectivity index is 3.98. The molecule has 0 aromatic carbocycles. The molecule has 0 aromatic rings. The van der Waals surface area contributed by atoms with Gasteiger partial charge in [0.1, 0.15) is 0 Å². The van der Waals surface area contributed by atoms with E-state index in [0.29, 0.717) is 12.0 Å². The van der Waals surface area contributed by atoms with Crippen molar-refractivity contribution in [1.29, 1.82) is 0 Å². The Bertz CT molecular complexity index is 158. The summed E-state index contributed by atoms with van der Waals surface area (Å²) in [6.45, 7) is 12.4. The molecule has 0 fully saturated rings. The first-order valence-corrected chi connectivity index (χ1v) is 4.69. The van der Waals surface area contributed by atoms with Crippen LogP contribution in [0.25, 0.3) is 0 Å². The molecule has 1 N–H and O–H groups in total. The number of hydrogen-bond acceptors (Lipinski definition) is 1. The summed E-state index contributed by atoms with van der Waals surface area (Å²) >= 11 is 0. The first kappa shape index (κ1) is 11.3. The SMILES string of the molecule is C=CC(C)C(C)N/C(=C/C)CC. The van der Waals surface area contributed by atoms with Gasteiger partial charge in [-0.2, -0.15) is 0 Å². The van der Waals surface area contributed by atoms with Crippen molar-refractivity contribution in [2.24, 2.45) is 5.92 Å². The fraction of sp³-hybridized carbons (Fsp3) is 0.636. The zero-order valence-electron chi connectivity index (χ0n) is 8.72. The molecule has 0 aliphatic rings. The van der Waals surface area contributed by atoms with E-state index >= 15 is 0 Å². The lowest BCUT2D eigenvalue weighted by atomic mass is 10.0. The molecular weight excluding hydrogens is 146 g/mol. The van der Waals surface area contributed by atoms with E-state index in [2.05, 4.69) is 45.7 Å². The van der Waals surface area contributed by atoms with Crippen LogP contribution in [0.2, 0.25) is 0 Å². The highest BCUT2D eigenvalue weighted by atomic mass is 14.9. The summed E-state index contributed by atoms with van der Waals surface area (Å²) in [4.78, 5) is 0. The van der Waals surface area contributed by atoms with Crippen molar-refractivity contribution in [3.63, 3.8) is 0 Å². The van der Waals surface area contributed by atoms with E-state index < -0.39 is 0 Å². The smallest absolute Gasteiger partial charge is 0.0289 e. The van der Waals surface area contributed by atoms with Crippen molar-refractivity contribution in [1.82, 2.24) is 5.32 Å². The molecule has 1 nitrogen and oxygen atoms in total. The van der Waals surface area contributed by atoms with Gasteiger partial charge < -0.3 is 5.32 Å². The van der Waals surface area contributed by atoms with Gasteiger partial charge in [0.05, 0.1) is 0 Å². The van der Waals surface area contributed by atoms with Crippen LogP contribution in [0.5, 0.6) is 0 Å². The molecule has 0 aliphatic carbocycles. The number of nitrogens with one attached hydrogen (secondary N) is 1. The van der Waals surface area contributed by atoms with Gasteiger partial charge in [0.2, 0.25) is 0 Å². The van der Waals surface area contributed by atoms with Crippen molar-refractivity contribution in [2.75, 3.05) is 0 Å². The van der Waals surface area contributed by atoms with E-state index in [1.807, 2.05) is 6.08 Å². The average molecular weight is 167 g/mol. The second-order valence-electron chi connectivity index (χ2n) is 3.20. The Morgan fingerprint density at radius 1 is 1.50 bits per heavy atom. The second-order valence-corrected chi connectivity index (χ2v) is 3.20. The highest BCUT2D eigenvalue weighted by molar-refractivity contribution is 5.00. The third kappa shape index (κ3) is 3.61. The third-order valence-electron chi connectivity index (χ3n) is 2.30.